The number of pyridine rings is 1. The second-order valence-corrected chi connectivity index (χ2v) is 3.39. The molecule has 0 aliphatic rings. The average molecular weight is 233 g/mol. The second-order valence-electron chi connectivity index (χ2n) is 3.39. The molecule has 0 saturated carbocycles. The van der Waals surface area contributed by atoms with E-state index in [4.69, 9.17) is 5.26 Å². The lowest BCUT2D eigenvalue weighted by Crippen LogP contribution is -2.27. The Labute approximate surface area is 101 Å². The van der Waals surface area contributed by atoms with Crippen LogP contribution in [0.25, 0.3) is 0 Å². The van der Waals surface area contributed by atoms with Gasteiger partial charge in [0.05, 0.1) is 19.1 Å². The fourth-order valence-corrected chi connectivity index (χ4v) is 1.48. The number of ether oxygens (including phenoxy) is 1. The summed E-state index contributed by atoms with van der Waals surface area (Å²) < 4.78 is 4.59. The number of nitriles is 1. The molecule has 17 heavy (non-hydrogen) atoms. The lowest BCUT2D eigenvalue weighted by Gasteiger charge is -2.21. The van der Waals surface area contributed by atoms with E-state index >= 15 is 0 Å². The van der Waals surface area contributed by atoms with E-state index in [0.29, 0.717) is 24.5 Å². The third-order valence-electron chi connectivity index (χ3n) is 2.40. The first-order valence-electron chi connectivity index (χ1n) is 5.39. The van der Waals surface area contributed by atoms with Crippen LogP contribution in [0.15, 0.2) is 18.3 Å². The van der Waals surface area contributed by atoms with Gasteiger partial charge in [0.25, 0.3) is 0 Å². The highest BCUT2D eigenvalue weighted by atomic mass is 16.5. The van der Waals surface area contributed by atoms with Gasteiger partial charge >= 0.3 is 5.97 Å². The Morgan fingerprint density at radius 3 is 3.00 bits per heavy atom. The largest absolute Gasteiger partial charge is 0.469 e. The minimum absolute atomic E-state index is 0.266. The molecule has 1 aromatic rings. The van der Waals surface area contributed by atoms with Crippen LogP contribution in [-0.2, 0) is 9.53 Å². The molecule has 90 valence electrons. The van der Waals surface area contributed by atoms with Crippen molar-refractivity contribution < 1.29 is 9.53 Å². The van der Waals surface area contributed by atoms with Crippen molar-refractivity contribution in [3.05, 3.63) is 23.9 Å². The Bertz CT molecular complexity index is 426. The Balaban J connectivity index is 2.80. The molecule has 0 bridgehead atoms. The van der Waals surface area contributed by atoms with E-state index in [1.807, 2.05) is 11.8 Å². The number of carbonyl (C=O) groups excluding carboxylic acids is 1. The van der Waals surface area contributed by atoms with Gasteiger partial charge in [-0.25, -0.2) is 4.98 Å². The number of hydrogen-bond acceptors (Lipinski definition) is 5. The van der Waals surface area contributed by atoms with Crippen molar-refractivity contribution in [1.29, 1.82) is 5.26 Å². The van der Waals surface area contributed by atoms with Gasteiger partial charge in [0.1, 0.15) is 11.9 Å². The van der Waals surface area contributed by atoms with Crippen LogP contribution < -0.4 is 4.90 Å². The van der Waals surface area contributed by atoms with Crippen LogP contribution in [0.3, 0.4) is 0 Å². The number of carbonyl (C=O) groups is 1. The SMILES string of the molecule is CCN(CCC(=O)OC)c1ncccc1C#N. The first-order valence-corrected chi connectivity index (χ1v) is 5.39. The second kappa shape index (κ2) is 6.48. The summed E-state index contributed by atoms with van der Waals surface area (Å²) in [4.78, 5) is 17.1. The molecular weight excluding hydrogens is 218 g/mol. The normalized spacial score (nSPS) is 9.47. The maximum atomic E-state index is 11.1. The number of nitrogens with zero attached hydrogens (tertiary/aromatic N) is 3. The van der Waals surface area contributed by atoms with Gasteiger partial charge in [-0.3, -0.25) is 4.79 Å². The quantitative estimate of drug-likeness (QED) is 0.718. The third kappa shape index (κ3) is 3.45. The first kappa shape index (κ1) is 13.0. The van der Waals surface area contributed by atoms with E-state index in [0.717, 1.165) is 0 Å². The summed E-state index contributed by atoms with van der Waals surface area (Å²) in [7, 11) is 1.36. The molecule has 5 heteroatoms. The number of esters is 1. The van der Waals surface area contributed by atoms with Crippen LogP contribution in [0, 0.1) is 11.3 Å². The lowest BCUT2D eigenvalue weighted by atomic mass is 10.2. The van der Waals surface area contributed by atoms with E-state index in [1.165, 1.54) is 7.11 Å². The summed E-state index contributed by atoms with van der Waals surface area (Å²) in [5.74, 6) is 0.347. The van der Waals surface area contributed by atoms with E-state index in [9.17, 15) is 4.79 Å². The monoisotopic (exact) mass is 233 g/mol. The van der Waals surface area contributed by atoms with Gasteiger partial charge < -0.3 is 9.64 Å². The van der Waals surface area contributed by atoms with Crippen molar-refractivity contribution in [3.63, 3.8) is 0 Å². The van der Waals surface area contributed by atoms with Crippen molar-refractivity contribution in [3.8, 4) is 6.07 Å². The van der Waals surface area contributed by atoms with E-state index in [-0.39, 0.29) is 12.4 Å². The molecule has 1 heterocycles. The number of rotatable bonds is 5. The molecule has 0 atom stereocenters. The Morgan fingerprint density at radius 2 is 2.41 bits per heavy atom. The number of methoxy groups -OCH3 is 1. The summed E-state index contributed by atoms with van der Waals surface area (Å²) in [5, 5.41) is 8.98. The van der Waals surface area contributed by atoms with E-state index < -0.39 is 0 Å². The molecule has 0 fully saturated rings. The third-order valence-corrected chi connectivity index (χ3v) is 2.40. The van der Waals surface area contributed by atoms with Crippen LogP contribution in [0.5, 0.6) is 0 Å². The smallest absolute Gasteiger partial charge is 0.307 e. The molecule has 0 N–H and O–H groups in total. The van der Waals surface area contributed by atoms with Gasteiger partial charge in [-0.1, -0.05) is 0 Å². The zero-order valence-electron chi connectivity index (χ0n) is 10.0. The fourth-order valence-electron chi connectivity index (χ4n) is 1.48. The van der Waals surface area contributed by atoms with E-state index in [2.05, 4.69) is 15.8 Å². The van der Waals surface area contributed by atoms with Crippen LogP contribution in [0.4, 0.5) is 5.82 Å². The molecule has 1 aromatic heterocycles. The van der Waals surface area contributed by atoms with Crippen molar-refractivity contribution in [2.24, 2.45) is 0 Å². The summed E-state index contributed by atoms with van der Waals surface area (Å²) in [5.41, 5.74) is 0.513. The topological polar surface area (TPSA) is 66.2 Å². The van der Waals surface area contributed by atoms with Crippen molar-refractivity contribution >= 4 is 11.8 Å². The minimum Gasteiger partial charge on any atom is -0.469 e. The van der Waals surface area contributed by atoms with Crippen LogP contribution in [0.2, 0.25) is 0 Å². The number of hydrogen-bond donors (Lipinski definition) is 0. The summed E-state index contributed by atoms with van der Waals surface area (Å²) in [6, 6.07) is 5.52. The maximum absolute atomic E-state index is 11.1. The first-order chi connectivity index (χ1) is 8.22. The van der Waals surface area contributed by atoms with Crippen molar-refractivity contribution in [2.45, 2.75) is 13.3 Å². The highest BCUT2D eigenvalue weighted by Crippen LogP contribution is 2.16. The highest BCUT2D eigenvalue weighted by molar-refractivity contribution is 5.70. The molecule has 5 nitrogen and oxygen atoms in total. The molecular formula is C12H15N3O2. The van der Waals surface area contributed by atoms with Gasteiger partial charge in [0.15, 0.2) is 0 Å². The van der Waals surface area contributed by atoms with Gasteiger partial charge in [0, 0.05) is 19.3 Å². The predicted octanol–water partition coefficient (Wildman–Crippen LogP) is 1.34. The zero-order valence-corrected chi connectivity index (χ0v) is 10.0. The summed E-state index contributed by atoms with van der Waals surface area (Å²) >= 11 is 0. The lowest BCUT2D eigenvalue weighted by molar-refractivity contribution is -0.140. The Hall–Kier alpha value is -2.09. The van der Waals surface area contributed by atoms with Crippen molar-refractivity contribution in [1.82, 2.24) is 4.98 Å². The zero-order chi connectivity index (χ0) is 12.7. The molecule has 0 aromatic carbocycles. The van der Waals surface area contributed by atoms with Gasteiger partial charge in [0.2, 0.25) is 0 Å². The Kier molecular flexibility index (Phi) is 4.95. The standard InChI is InChI=1S/C12H15N3O2/c1-3-15(8-6-11(16)17-2)12-10(9-13)5-4-7-14-12/h4-5,7H,3,6,8H2,1-2H3. The van der Waals surface area contributed by atoms with Crippen LogP contribution in [0.1, 0.15) is 18.9 Å². The molecule has 0 spiro atoms. The van der Waals surface area contributed by atoms with Gasteiger partial charge in [-0.05, 0) is 19.1 Å². The molecule has 0 aliphatic heterocycles. The highest BCUT2D eigenvalue weighted by Gasteiger charge is 2.12. The molecule has 0 radical (unpaired) electrons. The fraction of sp³-hybridized carbons (Fsp3) is 0.417. The maximum Gasteiger partial charge on any atom is 0.307 e. The summed E-state index contributed by atoms with van der Waals surface area (Å²) in [6.07, 6.45) is 1.92. The van der Waals surface area contributed by atoms with Crippen LogP contribution in [-0.4, -0.2) is 31.2 Å². The Morgan fingerprint density at radius 1 is 1.65 bits per heavy atom. The van der Waals surface area contributed by atoms with E-state index in [1.54, 1.807) is 18.3 Å². The molecule has 1 rings (SSSR count). The average Bonchev–Trinajstić information content (AvgIpc) is 2.39. The molecule has 0 saturated heterocycles. The molecule has 0 aliphatic carbocycles. The number of anilines is 1. The number of aromatic nitrogens is 1. The van der Waals surface area contributed by atoms with Gasteiger partial charge in [-0.2, -0.15) is 5.26 Å². The minimum atomic E-state index is -0.266. The predicted molar refractivity (Wildman–Crippen MR) is 63.5 cm³/mol. The van der Waals surface area contributed by atoms with Gasteiger partial charge in [-0.15, -0.1) is 0 Å². The molecule has 0 unspecified atom stereocenters. The molecule has 0 amide bonds. The van der Waals surface area contributed by atoms with Crippen LogP contribution >= 0.6 is 0 Å². The summed E-state index contributed by atoms with van der Waals surface area (Å²) in [6.45, 7) is 3.13. The van der Waals surface area contributed by atoms with Crippen molar-refractivity contribution in [2.75, 3.05) is 25.1 Å².